The van der Waals surface area contributed by atoms with Gasteiger partial charge in [0.25, 0.3) is 0 Å². The van der Waals surface area contributed by atoms with Crippen LogP contribution >= 0.6 is 0 Å². The highest BCUT2D eigenvalue weighted by Gasteiger charge is 2.61. The summed E-state index contributed by atoms with van der Waals surface area (Å²) in [6, 6.07) is 0. The van der Waals surface area contributed by atoms with Gasteiger partial charge in [0.1, 0.15) is 5.78 Å². The number of fused-ring (bicyclic) bond motifs is 5. The van der Waals surface area contributed by atoms with Crippen molar-refractivity contribution < 1.29 is 9.59 Å². The van der Waals surface area contributed by atoms with Crippen molar-refractivity contribution in [3.05, 3.63) is 0 Å². The third-order valence-corrected chi connectivity index (χ3v) is 8.12. The molecule has 120 valence electrons. The Morgan fingerprint density at radius 1 is 0.955 bits per heavy atom. The number of ketones is 2. The number of nitrogens with one attached hydrogen (secondary N) is 1. The smallest absolute Gasteiger partial charge is 0.176 e. The summed E-state index contributed by atoms with van der Waals surface area (Å²) in [7, 11) is 0. The number of hydrogen-bond donors (Lipinski definition) is 1. The van der Waals surface area contributed by atoms with Crippen molar-refractivity contribution in [3.8, 4) is 0 Å². The molecule has 0 aromatic heterocycles. The first kappa shape index (κ1) is 14.6. The largest absolute Gasteiger partial charge is 0.301 e. The molecule has 22 heavy (non-hydrogen) atoms. The Morgan fingerprint density at radius 2 is 1.73 bits per heavy atom. The lowest BCUT2D eigenvalue weighted by Gasteiger charge is -2.59. The van der Waals surface area contributed by atoms with E-state index in [-0.39, 0.29) is 22.5 Å². The minimum atomic E-state index is -0.0671. The molecule has 1 unspecified atom stereocenters. The first-order valence-electron chi connectivity index (χ1n) is 9.03. The molecule has 0 saturated heterocycles. The minimum absolute atomic E-state index is 0.0671. The van der Waals surface area contributed by atoms with Crippen LogP contribution in [0.3, 0.4) is 0 Å². The molecule has 0 aromatic carbocycles. The maximum atomic E-state index is 12.4. The molecule has 4 rings (SSSR count). The molecule has 0 bridgehead atoms. The molecule has 0 amide bonds. The normalized spacial score (nSPS) is 51.3. The standard InChI is InChI=1S/C19H27NO2/c1-18-10-8-15(21)17(20)14(18)4-3-11-12-5-6-16(22)19(12,2)9-7-13(11)18/h11-14,20H,3-10H2,1-2H3/t11-,12-,13+,14?,18+,19-/m0/s1. The second-order valence-corrected chi connectivity index (χ2v) is 8.77. The van der Waals surface area contributed by atoms with Crippen LogP contribution in [-0.2, 0) is 9.59 Å². The van der Waals surface area contributed by atoms with Gasteiger partial charge in [-0.25, -0.2) is 0 Å². The summed E-state index contributed by atoms with van der Waals surface area (Å²) in [4.78, 5) is 24.3. The minimum Gasteiger partial charge on any atom is -0.301 e. The van der Waals surface area contributed by atoms with Gasteiger partial charge in [0.05, 0.1) is 5.71 Å². The molecule has 4 aliphatic rings. The van der Waals surface area contributed by atoms with Crippen LogP contribution in [0.15, 0.2) is 0 Å². The van der Waals surface area contributed by atoms with Crippen molar-refractivity contribution in [1.29, 1.82) is 5.41 Å². The van der Waals surface area contributed by atoms with E-state index < -0.39 is 0 Å². The first-order valence-corrected chi connectivity index (χ1v) is 9.03. The van der Waals surface area contributed by atoms with Gasteiger partial charge in [-0.15, -0.1) is 0 Å². The zero-order valence-corrected chi connectivity index (χ0v) is 13.8. The van der Waals surface area contributed by atoms with E-state index in [1.54, 1.807) is 0 Å². The summed E-state index contributed by atoms with van der Waals surface area (Å²) in [5.74, 6) is 2.57. The molecule has 4 saturated carbocycles. The van der Waals surface area contributed by atoms with Crippen molar-refractivity contribution >= 4 is 17.3 Å². The van der Waals surface area contributed by atoms with Crippen molar-refractivity contribution in [1.82, 2.24) is 0 Å². The van der Waals surface area contributed by atoms with E-state index in [1.165, 1.54) is 0 Å². The summed E-state index contributed by atoms with van der Waals surface area (Å²) >= 11 is 0. The van der Waals surface area contributed by atoms with Crippen LogP contribution in [0.1, 0.15) is 65.2 Å². The quantitative estimate of drug-likeness (QED) is 0.740. The van der Waals surface area contributed by atoms with Crippen molar-refractivity contribution in [2.75, 3.05) is 0 Å². The van der Waals surface area contributed by atoms with E-state index in [9.17, 15) is 9.59 Å². The van der Waals surface area contributed by atoms with E-state index in [0.717, 1.165) is 44.9 Å². The van der Waals surface area contributed by atoms with Crippen LogP contribution in [0.2, 0.25) is 0 Å². The van der Waals surface area contributed by atoms with Gasteiger partial charge in [-0.3, -0.25) is 9.59 Å². The number of Topliss-reactive ketones (excluding diaryl/α,β-unsaturated/α-hetero) is 2. The molecule has 4 fully saturated rings. The highest BCUT2D eigenvalue weighted by Crippen LogP contribution is 2.64. The molecule has 4 aliphatic carbocycles. The fraction of sp³-hybridized carbons (Fsp3) is 0.842. The molecule has 0 heterocycles. The van der Waals surface area contributed by atoms with Gasteiger partial charge in [0.2, 0.25) is 0 Å². The molecule has 6 atom stereocenters. The average molecular weight is 301 g/mol. The topological polar surface area (TPSA) is 58.0 Å². The summed E-state index contributed by atoms with van der Waals surface area (Å²) in [6.45, 7) is 4.55. The van der Waals surface area contributed by atoms with Gasteiger partial charge < -0.3 is 5.41 Å². The molecular weight excluding hydrogens is 274 g/mol. The fourth-order valence-corrected chi connectivity index (χ4v) is 6.77. The van der Waals surface area contributed by atoms with E-state index in [1.807, 2.05) is 0 Å². The van der Waals surface area contributed by atoms with Gasteiger partial charge >= 0.3 is 0 Å². The van der Waals surface area contributed by atoms with Crippen LogP contribution < -0.4 is 0 Å². The van der Waals surface area contributed by atoms with Gasteiger partial charge in [0, 0.05) is 24.2 Å². The lowest BCUT2D eigenvalue weighted by Crippen LogP contribution is -2.56. The Bertz CT molecular complexity index is 568. The SMILES string of the molecule is C[C@]12CCC(=O)C(=N)C1CC[C@@H]1[C@H]2CC[C@]2(C)C(=O)CC[C@@H]12. The van der Waals surface area contributed by atoms with Crippen LogP contribution in [0, 0.1) is 39.9 Å². The highest BCUT2D eigenvalue weighted by molar-refractivity contribution is 6.40. The Labute approximate surface area is 132 Å². The molecular formula is C19H27NO2. The first-order chi connectivity index (χ1) is 10.4. The third kappa shape index (κ3) is 1.66. The third-order valence-electron chi connectivity index (χ3n) is 8.12. The highest BCUT2D eigenvalue weighted by atomic mass is 16.1. The van der Waals surface area contributed by atoms with Crippen LogP contribution in [-0.4, -0.2) is 17.3 Å². The van der Waals surface area contributed by atoms with Crippen molar-refractivity contribution in [2.45, 2.75) is 65.2 Å². The lowest BCUT2D eigenvalue weighted by atomic mass is 9.45. The maximum absolute atomic E-state index is 12.4. The summed E-state index contributed by atoms with van der Waals surface area (Å²) in [6.07, 6.45) is 7.63. The zero-order chi connectivity index (χ0) is 15.7. The molecule has 1 N–H and O–H groups in total. The predicted octanol–water partition coefficient (Wildman–Crippen LogP) is 3.80. The molecule has 3 nitrogen and oxygen atoms in total. The van der Waals surface area contributed by atoms with Crippen LogP contribution in [0.25, 0.3) is 0 Å². The van der Waals surface area contributed by atoms with Crippen molar-refractivity contribution in [2.24, 2.45) is 34.5 Å². The average Bonchev–Trinajstić information content (AvgIpc) is 2.79. The van der Waals surface area contributed by atoms with E-state index >= 15 is 0 Å². The predicted molar refractivity (Wildman–Crippen MR) is 84.9 cm³/mol. The number of hydrogen-bond acceptors (Lipinski definition) is 3. The second-order valence-electron chi connectivity index (χ2n) is 8.77. The van der Waals surface area contributed by atoms with Gasteiger partial charge in [0.15, 0.2) is 5.78 Å². The molecule has 0 aliphatic heterocycles. The summed E-state index contributed by atoms with van der Waals surface area (Å²) < 4.78 is 0. The van der Waals surface area contributed by atoms with Gasteiger partial charge in [-0.05, 0) is 61.7 Å². The number of rotatable bonds is 0. The monoisotopic (exact) mass is 301 g/mol. The Morgan fingerprint density at radius 3 is 2.50 bits per heavy atom. The van der Waals surface area contributed by atoms with Crippen LogP contribution in [0.4, 0.5) is 0 Å². The molecule has 3 heteroatoms. The Hall–Kier alpha value is -0.990. The van der Waals surface area contributed by atoms with Gasteiger partial charge in [-0.2, -0.15) is 0 Å². The number of carbonyl (C=O) groups excluding carboxylic acids is 2. The summed E-state index contributed by atoms with van der Waals surface area (Å²) in [5, 5.41) is 8.26. The Kier molecular flexibility index (Phi) is 3.00. The maximum Gasteiger partial charge on any atom is 0.176 e. The number of carbonyl (C=O) groups is 2. The fourth-order valence-electron chi connectivity index (χ4n) is 6.77. The van der Waals surface area contributed by atoms with Gasteiger partial charge in [-0.1, -0.05) is 13.8 Å². The zero-order valence-electron chi connectivity index (χ0n) is 13.8. The van der Waals surface area contributed by atoms with Crippen LogP contribution in [0.5, 0.6) is 0 Å². The molecule has 0 aromatic rings. The summed E-state index contributed by atoms with van der Waals surface area (Å²) in [5.41, 5.74) is 0.464. The second kappa shape index (κ2) is 4.52. The Balaban J connectivity index is 1.68. The van der Waals surface area contributed by atoms with E-state index in [4.69, 9.17) is 5.41 Å². The van der Waals surface area contributed by atoms with E-state index in [2.05, 4.69) is 13.8 Å². The molecule has 0 spiro atoms. The van der Waals surface area contributed by atoms with E-state index in [0.29, 0.717) is 35.7 Å². The lowest BCUT2D eigenvalue weighted by molar-refractivity contribution is -0.136. The molecule has 0 radical (unpaired) electrons. The van der Waals surface area contributed by atoms with Crippen molar-refractivity contribution in [3.63, 3.8) is 0 Å².